The first kappa shape index (κ1) is 16.1. The largest absolute Gasteiger partial charge is 0.316 e. The average molecular weight is 272 g/mol. The van der Waals surface area contributed by atoms with E-state index in [0.29, 0.717) is 19.0 Å². The second kappa shape index (κ2) is 8.25. The molecule has 0 radical (unpaired) electrons. The number of halogens is 1. The fraction of sp³-hybridized carbons (Fsp3) is 1.00. The van der Waals surface area contributed by atoms with Crippen LogP contribution in [0.1, 0.15) is 26.2 Å². The van der Waals surface area contributed by atoms with Crippen molar-refractivity contribution in [3.63, 3.8) is 0 Å². The number of nitrogens with one attached hydrogen (secondary N) is 3. The second-order valence-electron chi connectivity index (χ2n) is 3.96. The van der Waals surface area contributed by atoms with E-state index in [1.165, 1.54) is 0 Å². The monoisotopic (exact) mass is 271 g/mol. The van der Waals surface area contributed by atoms with Gasteiger partial charge in [0.05, 0.1) is 0 Å². The Balaban J connectivity index is 0.00000225. The van der Waals surface area contributed by atoms with E-state index in [-0.39, 0.29) is 12.4 Å². The zero-order valence-electron chi connectivity index (χ0n) is 9.66. The summed E-state index contributed by atoms with van der Waals surface area (Å²) in [7, 11) is -3.27. The SMILES string of the molecule is CCCNS(=O)(=O)NCC1CCCNC1.Cl. The Morgan fingerprint density at radius 2 is 2.12 bits per heavy atom. The van der Waals surface area contributed by atoms with Crippen LogP contribution in [0.3, 0.4) is 0 Å². The number of hydrogen-bond acceptors (Lipinski definition) is 3. The molecule has 1 saturated heterocycles. The Bertz CT molecular complexity index is 266. The summed E-state index contributed by atoms with van der Waals surface area (Å²) in [6.07, 6.45) is 3.05. The lowest BCUT2D eigenvalue weighted by Crippen LogP contribution is -2.42. The van der Waals surface area contributed by atoms with Crippen LogP contribution in [0.25, 0.3) is 0 Å². The second-order valence-corrected chi connectivity index (χ2v) is 5.54. The molecule has 0 amide bonds. The quantitative estimate of drug-likeness (QED) is 0.648. The van der Waals surface area contributed by atoms with Gasteiger partial charge in [0.2, 0.25) is 0 Å². The van der Waals surface area contributed by atoms with E-state index in [0.717, 1.165) is 32.4 Å². The molecule has 0 saturated carbocycles. The van der Waals surface area contributed by atoms with Crippen molar-refractivity contribution in [2.24, 2.45) is 5.92 Å². The van der Waals surface area contributed by atoms with Crippen molar-refractivity contribution in [2.75, 3.05) is 26.2 Å². The summed E-state index contributed by atoms with van der Waals surface area (Å²) >= 11 is 0. The average Bonchev–Trinajstić information content (AvgIpc) is 2.25. The maximum atomic E-state index is 11.4. The third-order valence-electron chi connectivity index (χ3n) is 2.50. The van der Waals surface area contributed by atoms with Gasteiger partial charge >= 0.3 is 0 Å². The minimum absolute atomic E-state index is 0. The molecule has 5 nitrogen and oxygen atoms in total. The molecule has 0 aliphatic carbocycles. The van der Waals surface area contributed by atoms with Crippen LogP contribution in [0, 0.1) is 5.92 Å². The van der Waals surface area contributed by atoms with Gasteiger partial charge in [0.15, 0.2) is 0 Å². The predicted molar refractivity (Wildman–Crippen MR) is 68.1 cm³/mol. The molecule has 0 aromatic rings. The van der Waals surface area contributed by atoms with E-state index in [4.69, 9.17) is 0 Å². The van der Waals surface area contributed by atoms with Crippen molar-refractivity contribution in [2.45, 2.75) is 26.2 Å². The first-order valence-corrected chi connectivity index (χ1v) is 7.07. The number of piperidine rings is 1. The van der Waals surface area contributed by atoms with Crippen molar-refractivity contribution >= 4 is 22.6 Å². The summed E-state index contributed by atoms with van der Waals surface area (Å²) in [5.41, 5.74) is 0. The third kappa shape index (κ3) is 6.65. The van der Waals surface area contributed by atoms with Crippen molar-refractivity contribution < 1.29 is 8.42 Å². The molecule has 1 atom stereocenters. The lowest BCUT2D eigenvalue weighted by Gasteiger charge is -2.22. The van der Waals surface area contributed by atoms with Crippen LogP contribution in [0.2, 0.25) is 0 Å². The molecular weight excluding hydrogens is 250 g/mol. The highest BCUT2D eigenvalue weighted by Crippen LogP contribution is 2.08. The summed E-state index contributed by atoms with van der Waals surface area (Å²) < 4.78 is 27.9. The Labute approximate surface area is 104 Å². The van der Waals surface area contributed by atoms with Crippen LogP contribution >= 0.6 is 12.4 Å². The highest BCUT2D eigenvalue weighted by Gasteiger charge is 2.15. The van der Waals surface area contributed by atoms with Gasteiger partial charge < -0.3 is 5.32 Å². The smallest absolute Gasteiger partial charge is 0.276 e. The molecule has 0 spiro atoms. The first-order chi connectivity index (χ1) is 7.14. The normalized spacial score (nSPS) is 21.4. The van der Waals surface area contributed by atoms with Crippen LogP contribution in [0.5, 0.6) is 0 Å². The molecule has 1 aliphatic rings. The summed E-state index contributed by atoms with van der Waals surface area (Å²) in [6.45, 7) is 4.94. The summed E-state index contributed by atoms with van der Waals surface area (Å²) in [5.74, 6) is 0.428. The molecule has 0 aromatic heterocycles. The Morgan fingerprint density at radius 1 is 1.38 bits per heavy atom. The Kier molecular flexibility index (Phi) is 8.31. The van der Waals surface area contributed by atoms with E-state index in [2.05, 4.69) is 14.8 Å². The van der Waals surface area contributed by atoms with Crippen LogP contribution in [0.4, 0.5) is 0 Å². The zero-order valence-corrected chi connectivity index (χ0v) is 11.3. The molecule has 1 aliphatic heterocycles. The van der Waals surface area contributed by atoms with Gasteiger partial charge in [-0.2, -0.15) is 8.42 Å². The van der Waals surface area contributed by atoms with Crippen molar-refractivity contribution in [1.29, 1.82) is 0 Å². The minimum atomic E-state index is -3.27. The Morgan fingerprint density at radius 3 is 2.69 bits per heavy atom. The lowest BCUT2D eigenvalue weighted by molar-refractivity contribution is 0.375. The van der Waals surface area contributed by atoms with E-state index in [1.807, 2.05) is 6.92 Å². The van der Waals surface area contributed by atoms with Crippen LogP contribution in [-0.4, -0.2) is 34.6 Å². The van der Waals surface area contributed by atoms with E-state index in [9.17, 15) is 8.42 Å². The molecule has 98 valence electrons. The molecule has 1 unspecified atom stereocenters. The van der Waals surface area contributed by atoms with Gasteiger partial charge in [-0.1, -0.05) is 6.92 Å². The molecule has 1 fully saturated rings. The van der Waals surface area contributed by atoms with Gasteiger partial charge in [-0.3, -0.25) is 0 Å². The highest BCUT2D eigenvalue weighted by molar-refractivity contribution is 7.87. The van der Waals surface area contributed by atoms with Crippen LogP contribution in [0.15, 0.2) is 0 Å². The van der Waals surface area contributed by atoms with Gasteiger partial charge in [0, 0.05) is 13.1 Å². The summed E-state index contributed by atoms with van der Waals surface area (Å²) in [4.78, 5) is 0. The molecule has 16 heavy (non-hydrogen) atoms. The van der Waals surface area contributed by atoms with E-state index < -0.39 is 10.2 Å². The molecule has 0 aromatic carbocycles. The zero-order chi connectivity index (χ0) is 11.1. The summed E-state index contributed by atoms with van der Waals surface area (Å²) in [5, 5.41) is 3.26. The lowest BCUT2D eigenvalue weighted by atomic mass is 10.0. The van der Waals surface area contributed by atoms with Crippen molar-refractivity contribution in [1.82, 2.24) is 14.8 Å². The third-order valence-corrected chi connectivity index (χ3v) is 3.63. The standard InChI is InChI=1S/C9H21N3O2S.ClH/c1-2-5-11-15(13,14)12-8-9-4-3-6-10-7-9;/h9-12H,2-8H2,1H3;1H. The Hall–Kier alpha value is 0.120. The van der Waals surface area contributed by atoms with Gasteiger partial charge in [-0.05, 0) is 38.3 Å². The van der Waals surface area contributed by atoms with Crippen LogP contribution in [-0.2, 0) is 10.2 Å². The molecule has 7 heteroatoms. The maximum absolute atomic E-state index is 11.4. The van der Waals surface area contributed by atoms with Crippen molar-refractivity contribution in [3.05, 3.63) is 0 Å². The molecular formula is C9H22ClN3O2S. The topological polar surface area (TPSA) is 70.2 Å². The van der Waals surface area contributed by atoms with Crippen molar-refractivity contribution in [3.8, 4) is 0 Å². The molecule has 1 heterocycles. The highest BCUT2D eigenvalue weighted by atomic mass is 35.5. The van der Waals surface area contributed by atoms with Gasteiger partial charge in [-0.15, -0.1) is 12.4 Å². The number of hydrogen-bond donors (Lipinski definition) is 3. The van der Waals surface area contributed by atoms with Crippen LogP contribution < -0.4 is 14.8 Å². The number of rotatable bonds is 6. The molecule has 1 rings (SSSR count). The minimum Gasteiger partial charge on any atom is -0.316 e. The first-order valence-electron chi connectivity index (χ1n) is 5.59. The summed E-state index contributed by atoms with van der Waals surface area (Å²) in [6, 6.07) is 0. The maximum Gasteiger partial charge on any atom is 0.276 e. The van der Waals surface area contributed by atoms with Gasteiger partial charge in [0.25, 0.3) is 10.2 Å². The van der Waals surface area contributed by atoms with E-state index >= 15 is 0 Å². The fourth-order valence-corrected chi connectivity index (χ4v) is 2.64. The predicted octanol–water partition coefficient (Wildman–Crippen LogP) is 0.242. The van der Waals surface area contributed by atoms with E-state index in [1.54, 1.807) is 0 Å². The molecule has 0 bridgehead atoms. The molecule has 3 N–H and O–H groups in total. The fourth-order valence-electron chi connectivity index (χ4n) is 1.61. The van der Waals surface area contributed by atoms with Gasteiger partial charge in [-0.25, -0.2) is 9.44 Å². The van der Waals surface area contributed by atoms with Gasteiger partial charge in [0.1, 0.15) is 0 Å².